The van der Waals surface area contributed by atoms with Crippen molar-refractivity contribution in [1.82, 2.24) is 5.32 Å². The van der Waals surface area contributed by atoms with Crippen LogP contribution in [-0.4, -0.2) is 37.5 Å². The van der Waals surface area contributed by atoms with Crippen LogP contribution in [-0.2, 0) is 14.4 Å². The van der Waals surface area contributed by atoms with Crippen molar-refractivity contribution in [2.75, 3.05) is 23.9 Å². The number of carbonyl (C=O) groups is 4. The fourth-order valence-corrected chi connectivity index (χ4v) is 3.96. The molecule has 0 unspecified atom stereocenters. The standard InChI is InChI=1S/C26H19BrClN3O6/c1-36-22-5-3-2-4-20(22)29-23(32)14-37-21-11-6-15(13-19(21)28)12-18-24(33)30-26(35)31(25(18)34)17-9-7-16(27)8-10-17/h2-13H,14H2,1H3,(H,29,32)(H,30,33,35)/b18-12+. The number of nitrogens with one attached hydrogen (secondary N) is 2. The van der Waals surface area contributed by atoms with Gasteiger partial charge in [-0.3, -0.25) is 19.7 Å². The van der Waals surface area contributed by atoms with E-state index in [1.165, 1.54) is 25.3 Å². The number of ether oxygens (including phenoxy) is 2. The molecule has 2 N–H and O–H groups in total. The number of rotatable bonds is 7. The molecule has 0 aliphatic carbocycles. The Kier molecular flexibility index (Phi) is 7.90. The van der Waals surface area contributed by atoms with Gasteiger partial charge < -0.3 is 14.8 Å². The number of urea groups is 1. The first kappa shape index (κ1) is 25.9. The highest BCUT2D eigenvalue weighted by atomic mass is 79.9. The van der Waals surface area contributed by atoms with Crippen LogP contribution in [0.4, 0.5) is 16.2 Å². The molecule has 0 aromatic heterocycles. The first-order chi connectivity index (χ1) is 17.8. The highest BCUT2D eigenvalue weighted by molar-refractivity contribution is 9.10. The van der Waals surface area contributed by atoms with Crippen molar-refractivity contribution in [3.63, 3.8) is 0 Å². The van der Waals surface area contributed by atoms with Crippen LogP contribution < -0.4 is 25.0 Å². The summed E-state index contributed by atoms with van der Waals surface area (Å²) in [4.78, 5) is 50.9. The van der Waals surface area contributed by atoms with Gasteiger partial charge in [0.15, 0.2) is 6.61 Å². The molecule has 0 atom stereocenters. The van der Waals surface area contributed by atoms with Crippen LogP contribution in [0.2, 0.25) is 5.02 Å². The summed E-state index contributed by atoms with van der Waals surface area (Å²) in [5.41, 5.74) is 0.970. The van der Waals surface area contributed by atoms with Crippen molar-refractivity contribution in [2.24, 2.45) is 0 Å². The Balaban J connectivity index is 1.47. The van der Waals surface area contributed by atoms with E-state index >= 15 is 0 Å². The van der Waals surface area contributed by atoms with E-state index in [0.29, 0.717) is 22.7 Å². The zero-order valence-electron chi connectivity index (χ0n) is 19.3. The predicted molar refractivity (Wildman–Crippen MR) is 142 cm³/mol. The van der Waals surface area contributed by atoms with E-state index in [-0.39, 0.29) is 23.0 Å². The van der Waals surface area contributed by atoms with Gasteiger partial charge in [-0.25, -0.2) is 9.69 Å². The Hall–Kier alpha value is -4.15. The summed E-state index contributed by atoms with van der Waals surface area (Å²) >= 11 is 9.61. The second kappa shape index (κ2) is 11.3. The number of halogens is 2. The minimum atomic E-state index is -0.845. The quantitative estimate of drug-likeness (QED) is 0.305. The molecule has 9 nitrogen and oxygen atoms in total. The molecule has 37 heavy (non-hydrogen) atoms. The third-order valence-corrected chi connectivity index (χ3v) is 6.02. The van der Waals surface area contributed by atoms with Crippen LogP contribution >= 0.6 is 27.5 Å². The molecule has 188 valence electrons. The topological polar surface area (TPSA) is 114 Å². The average molecular weight is 585 g/mol. The van der Waals surface area contributed by atoms with Gasteiger partial charge in [0.25, 0.3) is 17.7 Å². The fourth-order valence-electron chi connectivity index (χ4n) is 3.45. The van der Waals surface area contributed by atoms with E-state index in [9.17, 15) is 19.2 Å². The van der Waals surface area contributed by atoms with Crippen LogP contribution in [0, 0.1) is 0 Å². The smallest absolute Gasteiger partial charge is 0.335 e. The van der Waals surface area contributed by atoms with Crippen molar-refractivity contribution in [1.29, 1.82) is 0 Å². The molecular weight excluding hydrogens is 566 g/mol. The van der Waals surface area contributed by atoms with Crippen molar-refractivity contribution in [2.45, 2.75) is 0 Å². The maximum atomic E-state index is 13.0. The lowest BCUT2D eigenvalue weighted by Gasteiger charge is -2.26. The lowest BCUT2D eigenvalue weighted by Crippen LogP contribution is -2.54. The largest absolute Gasteiger partial charge is 0.495 e. The molecule has 0 bridgehead atoms. The first-order valence-corrected chi connectivity index (χ1v) is 12.0. The molecule has 1 heterocycles. The van der Waals surface area contributed by atoms with Gasteiger partial charge in [-0.05, 0) is 60.2 Å². The monoisotopic (exact) mass is 583 g/mol. The van der Waals surface area contributed by atoms with Crippen molar-refractivity contribution in [3.8, 4) is 11.5 Å². The summed E-state index contributed by atoms with van der Waals surface area (Å²) in [6, 6.07) is 17.1. The third kappa shape index (κ3) is 5.99. The highest BCUT2D eigenvalue weighted by Crippen LogP contribution is 2.29. The lowest BCUT2D eigenvalue weighted by molar-refractivity contribution is -0.122. The predicted octanol–water partition coefficient (Wildman–Crippen LogP) is 4.80. The van der Waals surface area contributed by atoms with E-state index < -0.39 is 23.8 Å². The zero-order valence-corrected chi connectivity index (χ0v) is 21.6. The molecule has 1 saturated heterocycles. The number of imide groups is 2. The summed E-state index contributed by atoms with van der Waals surface area (Å²) in [6.45, 7) is -0.316. The van der Waals surface area contributed by atoms with Gasteiger partial charge in [0.2, 0.25) is 0 Å². The third-order valence-electron chi connectivity index (χ3n) is 5.19. The SMILES string of the molecule is COc1ccccc1NC(=O)COc1ccc(/C=C2\C(=O)NC(=O)N(c3ccc(Br)cc3)C2=O)cc1Cl. The van der Waals surface area contributed by atoms with E-state index in [0.717, 1.165) is 9.37 Å². The van der Waals surface area contributed by atoms with Crippen molar-refractivity contribution < 1.29 is 28.7 Å². The van der Waals surface area contributed by atoms with Gasteiger partial charge in [-0.1, -0.05) is 45.7 Å². The summed E-state index contributed by atoms with van der Waals surface area (Å²) in [5.74, 6) is -1.29. The summed E-state index contributed by atoms with van der Waals surface area (Å²) in [6.07, 6.45) is 1.32. The Labute approximate surface area is 225 Å². The van der Waals surface area contributed by atoms with E-state index in [1.54, 1.807) is 54.6 Å². The maximum absolute atomic E-state index is 13.0. The van der Waals surface area contributed by atoms with Gasteiger partial charge >= 0.3 is 6.03 Å². The molecule has 0 saturated carbocycles. The molecule has 0 spiro atoms. The number of amides is 5. The van der Waals surface area contributed by atoms with Crippen LogP contribution in [0.1, 0.15) is 5.56 Å². The second-order valence-corrected chi connectivity index (χ2v) is 8.98. The van der Waals surface area contributed by atoms with E-state index in [1.807, 2.05) is 0 Å². The highest BCUT2D eigenvalue weighted by Gasteiger charge is 2.36. The van der Waals surface area contributed by atoms with Crippen LogP contribution in [0.3, 0.4) is 0 Å². The van der Waals surface area contributed by atoms with Gasteiger partial charge in [-0.2, -0.15) is 0 Å². The number of methoxy groups -OCH3 is 1. The molecule has 4 rings (SSSR count). The van der Waals surface area contributed by atoms with Crippen molar-refractivity contribution in [3.05, 3.63) is 87.4 Å². The summed E-state index contributed by atoms with van der Waals surface area (Å²) in [5, 5.41) is 5.02. The van der Waals surface area contributed by atoms with Crippen LogP contribution in [0.15, 0.2) is 76.8 Å². The minimum absolute atomic E-state index is 0.156. The summed E-state index contributed by atoms with van der Waals surface area (Å²) < 4.78 is 11.5. The molecule has 0 radical (unpaired) electrons. The summed E-state index contributed by atoms with van der Waals surface area (Å²) in [7, 11) is 1.50. The zero-order chi connectivity index (χ0) is 26.5. The normalized spacial score (nSPS) is 14.4. The molecule has 5 amide bonds. The van der Waals surface area contributed by atoms with Gasteiger partial charge in [0.05, 0.1) is 23.5 Å². The number of hydrogen-bond donors (Lipinski definition) is 2. The second-order valence-electron chi connectivity index (χ2n) is 7.66. The number of nitrogens with zero attached hydrogens (tertiary/aromatic N) is 1. The number of hydrogen-bond acceptors (Lipinski definition) is 6. The van der Waals surface area contributed by atoms with Gasteiger partial charge in [0.1, 0.15) is 17.1 Å². The number of para-hydroxylation sites is 2. The van der Waals surface area contributed by atoms with Gasteiger partial charge in [-0.15, -0.1) is 0 Å². The molecular formula is C26H19BrClN3O6. The fraction of sp³-hybridized carbons (Fsp3) is 0.0769. The molecule has 3 aromatic rings. The maximum Gasteiger partial charge on any atom is 0.335 e. The Bertz CT molecular complexity index is 1420. The van der Waals surface area contributed by atoms with Gasteiger partial charge in [0, 0.05) is 4.47 Å². The van der Waals surface area contributed by atoms with E-state index in [4.69, 9.17) is 21.1 Å². The van der Waals surface area contributed by atoms with Crippen molar-refractivity contribution >= 4 is 68.7 Å². The Morgan fingerprint density at radius 3 is 2.49 bits per heavy atom. The number of anilines is 2. The Morgan fingerprint density at radius 2 is 1.78 bits per heavy atom. The molecule has 1 fully saturated rings. The molecule has 11 heteroatoms. The first-order valence-electron chi connectivity index (χ1n) is 10.8. The minimum Gasteiger partial charge on any atom is -0.495 e. The molecule has 3 aromatic carbocycles. The number of benzene rings is 3. The number of barbiturate groups is 1. The molecule has 1 aliphatic heterocycles. The number of carbonyl (C=O) groups excluding carboxylic acids is 4. The molecule has 1 aliphatic rings. The Morgan fingerprint density at radius 1 is 1.05 bits per heavy atom. The van der Waals surface area contributed by atoms with Crippen LogP contribution in [0.25, 0.3) is 6.08 Å². The lowest BCUT2D eigenvalue weighted by atomic mass is 10.1. The average Bonchev–Trinajstić information content (AvgIpc) is 2.87. The van der Waals surface area contributed by atoms with Crippen LogP contribution in [0.5, 0.6) is 11.5 Å². The van der Waals surface area contributed by atoms with E-state index in [2.05, 4.69) is 26.6 Å².